The van der Waals surface area contributed by atoms with Crippen molar-refractivity contribution in [2.75, 3.05) is 0 Å². The molecule has 0 bridgehead atoms. The fourth-order valence-corrected chi connectivity index (χ4v) is 1.34. The van der Waals surface area contributed by atoms with Crippen LogP contribution in [0.5, 0.6) is 0 Å². The molecule has 13 heavy (non-hydrogen) atoms. The molecule has 1 aromatic rings. The first kappa shape index (κ1) is 9.99. The summed E-state index contributed by atoms with van der Waals surface area (Å²) in [5.74, 6) is -1.60. The van der Waals surface area contributed by atoms with Crippen LogP contribution in [0.2, 0.25) is 5.02 Å². The smallest absolute Gasteiger partial charge is 0.307 e. The molecule has 0 aliphatic heterocycles. The first-order chi connectivity index (χ1) is 6.02. The van der Waals surface area contributed by atoms with Crippen molar-refractivity contribution in [3.63, 3.8) is 0 Å². The topological polar surface area (TPSA) is 37.3 Å². The predicted molar refractivity (Wildman–Crippen MR) is 47.5 cm³/mol. The van der Waals surface area contributed by atoms with Crippen LogP contribution >= 0.6 is 11.6 Å². The van der Waals surface area contributed by atoms with Gasteiger partial charge in [-0.25, -0.2) is 4.39 Å². The fraction of sp³-hybridized carbons (Fsp3) is 0.222. The van der Waals surface area contributed by atoms with Gasteiger partial charge in [0.1, 0.15) is 5.82 Å². The van der Waals surface area contributed by atoms with E-state index in [1.807, 2.05) is 0 Å². The number of aryl methyl sites for hydroxylation is 1. The molecule has 0 saturated heterocycles. The molecular weight excluding hydrogens is 195 g/mol. The summed E-state index contributed by atoms with van der Waals surface area (Å²) < 4.78 is 12.9. The molecule has 0 heterocycles. The number of aliphatic carboxylic acids is 1. The fourth-order valence-electron chi connectivity index (χ4n) is 1.06. The Kier molecular flexibility index (Phi) is 2.88. The van der Waals surface area contributed by atoms with Gasteiger partial charge in [0.05, 0.1) is 11.4 Å². The van der Waals surface area contributed by atoms with E-state index in [9.17, 15) is 9.18 Å². The second-order valence-corrected chi connectivity index (χ2v) is 3.11. The van der Waals surface area contributed by atoms with Gasteiger partial charge in [-0.1, -0.05) is 17.7 Å². The van der Waals surface area contributed by atoms with Crippen molar-refractivity contribution >= 4 is 17.6 Å². The lowest BCUT2D eigenvalue weighted by molar-refractivity contribution is -0.136. The minimum atomic E-state index is -1.02. The van der Waals surface area contributed by atoms with E-state index in [1.165, 1.54) is 12.1 Å². The van der Waals surface area contributed by atoms with Gasteiger partial charge in [0.25, 0.3) is 0 Å². The number of carboxylic acid groups (broad SMARTS) is 1. The number of carbonyl (C=O) groups is 1. The summed E-state index contributed by atoms with van der Waals surface area (Å²) >= 11 is 5.60. The number of carboxylic acids is 1. The number of rotatable bonds is 2. The van der Waals surface area contributed by atoms with E-state index in [0.29, 0.717) is 11.1 Å². The normalized spacial score (nSPS) is 10.1. The van der Waals surface area contributed by atoms with Crippen LogP contribution in [0.4, 0.5) is 4.39 Å². The standard InChI is InChI=1S/C9H8ClFO2/c1-5-2-3-7(11)9(10)6(5)4-8(12)13/h2-3H,4H2,1H3,(H,12,13). The van der Waals surface area contributed by atoms with Crippen molar-refractivity contribution < 1.29 is 14.3 Å². The number of hydrogen-bond acceptors (Lipinski definition) is 1. The lowest BCUT2D eigenvalue weighted by atomic mass is 10.1. The molecule has 0 unspecified atom stereocenters. The highest BCUT2D eigenvalue weighted by Gasteiger charge is 2.11. The summed E-state index contributed by atoms with van der Waals surface area (Å²) in [6.07, 6.45) is -0.248. The van der Waals surface area contributed by atoms with Crippen molar-refractivity contribution in [3.05, 3.63) is 34.1 Å². The van der Waals surface area contributed by atoms with E-state index in [-0.39, 0.29) is 11.4 Å². The Morgan fingerprint density at radius 3 is 2.77 bits per heavy atom. The van der Waals surface area contributed by atoms with Gasteiger partial charge >= 0.3 is 5.97 Å². The van der Waals surface area contributed by atoms with Crippen molar-refractivity contribution in [2.24, 2.45) is 0 Å². The van der Waals surface area contributed by atoms with Crippen LogP contribution in [0.3, 0.4) is 0 Å². The first-order valence-corrected chi connectivity index (χ1v) is 4.05. The second-order valence-electron chi connectivity index (χ2n) is 2.73. The average molecular weight is 203 g/mol. The van der Waals surface area contributed by atoms with Gasteiger partial charge in [-0.3, -0.25) is 4.79 Å². The molecule has 4 heteroatoms. The summed E-state index contributed by atoms with van der Waals surface area (Å²) in [5, 5.41) is 8.43. The minimum absolute atomic E-state index is 0.0950. The van der Waals surface area contributed by atoms with E-state index >= 15 is 0 Å². The van der Waals surface area contributed by atoms with Crippen LogP contribution in [0.15, 0.2) is 12.1 Å². The van der Waals surface area contributed by atoms with E-state index in [4.69, 9.17) is 16.7 Å². The van der Waals surface area contributed by atoms with Crippen LogP contribution in [-0.2, 0) is 11.2 Å². The summed E-state index contributed by atoms with van der Waals surface area (Å²) in [6, 6.07) is 2.74. The maximum Gasteiger partial charge on any atom is 0.307 e. The predicted octanol–water partition coefficient (Wildman–Crippen LogP) is 2.41. The van der Waals surface area contributed by atoms with E-state index in [0.717, 1.165) is 0 Å². The summed E-state index contributed by atoms with van der Waals surface area (Å²) in [4.78, 5) is 10.4. The summed E-state index contributed by atoms with van der Waals surface area (Å²) in [7, 11) is 0. The zero-order valence-electron chi connectivity index (χ0n) is 6.97. The molecule has 1 N–H and O–H groups in total. The minimum Gasteiger partial charge on any atom is -0.481 e. The quantitative estimate of drug-likeness (QED) is 0.800. The van der Waals surface area contributed by atoms with E-state index in [2.05, 4.69) is 0 Å². The molecule has 0 atom stereocenters. The molecule has 0 amide bonds. The molecular formula is C9H8ClFO2. The van der Waals surface area contributed by atoms with Crippen LogP contribution < -0.4 is 0 Å². The largest absolute Gasteiger partial charge is 0.481 e. The van der Waals surface area contributed by atoms with Crippen molar-refractivity contribution in [2.45, 2.75) is 13.3 Å². The van der Waals surface area contributed by atoms with Gasteiger partial charge in [0.2, 0.25) is 0 Å². The van der Waals surface area contributed by atoms with Gasteiger partial charge in [-0.15, -0.1) is 0 Å². The molecule has 0 radical (unpaired) electrons. The van der Waals surface area contributed by atoms with Crippen molar-refractivity contribution in [1.82, 2.24) is 0 Å². The third-order valence-corrected chi connectivity index (χ3v) is 2.17. The third kappa shape index (κ3) is 2.18. The molecule has 0 fully saturated rings. The molecule has 2 nitrogen and oxygen atoms in total. The summed E-state index contributed by atoms with van der Waals surface area (Å²) in [6.45, 7) is 1.70. The molecule has 1 aromatic carbocycles. The highest BCUT2D eigenvalue weighted by atomic mass is 35.5. The van der Waals surface area contributed by atoms with Crippen molar-refractivity contribution in [1.29, 1.82) is 0 Å². The van der Waals surface area contributed by atoms with Gasteiger partial charge < -0.3 is 5.11 Å². The average Bonchev–Trinajstić information content (AvgIpc) is 2.05. The Balaban J connectivity index is 3.17. The zero-order valence-corrected chi connectivity index (χ0v) is 7.73. The van der Waals surface area contributed by atoms with Crippen LogP contribution in [-0.4, -0.2) is 11.1 Å². The van der Waals surface area contributed by atoms with E-state index in [1.54, 1.807) is 6.92 Å². The Morgan fingerprint density at radius 2 is 2.23 bits per heavy atom. The monoisotopic (exact) mass is 202 g/mol. The van der Waals surface area contributed by atoms with Gasteiger partial charge in [0.15, 0.2) is 0 Å². The molecule has 0 aliphatic carbocycles. The Morgan fingerprint density at radius 1 is 1.62 bits per heavy atom. The number of benzene rings is 1. The van der Waals surface area contributed by atoms with E-state index < -0.39 is 11.8 Å². The number of hydrogen-bond donors (Lipinski definition) is 1. The maximum absolute atomic E-state index is 12.9. The maximum atomic E-state index is 12.9. The molecule has 0 aromatic heterocycles. The third-order valence-electron chi connectivity index (χ3n) is 1.76. The molecule has 0 spiro atoms. The Labute approximate surface area is 80.0 Å². The molecule has 0 aliphatic rings. The van der Waals surface area contributed by atoms with Crippen LogP contribution in [0, 0.1) is 12.7 Å². The molecule has 70 valence electrons. The van der Waals surface area contributed by atoms with Crippen LogP contribution in [0.1, 0.15) is 11.1 Å². The van der Waals surface area contributed by atoms with Gasteiger partial charge in [-0.2, -0.15) is 0 Å². The molecule has 1 rings (SSSR count). The highest BCUT2D eigenvalue weighted by molar-refractivity contribution is 6.31. The second kappa shape index (κ2) is 3.75. The first-order valence-electron chi connectivity index (χ1n) is 3.67. The Bertz CT molecular complexity index is 350. The lowest BCUT2D eigenvalue weighted by Gasteiger charge is -2.05. The van der Waals surface area contributed by atoms with Gasteiger partial charge in [-0.05, 0) is 24.1 Å². The highest BCUT2D eigenvalue weighted by Crippen LogP contribution is 2.23. The van der Waals surface area contributed by atoms with Crippen LogP contribution in [0.25, 0.3) is 0 Å². The number of halogens is 2. The lowest BCUT2D eigenvalue weighted by Crippen LogP contribution is -2.03. The summed E-state index contributed by atoms with van der Waals surface area (Å²) in [5.41, 5.74) is 1.03. The van der Waals surface area contributed by atoms with Gasteiger partial charge in [0, 0.05) is 0 Å². The Hall–Kier alpha value is -1.09. The SMILES string of the molecule is Cc1ccc(F)c(Cl)c1CC(=O)O. The van der Waals surface area contributed by atoms with Crippen molar-refractivity contribution in [3.8, 4) is 0 Å². The molecule has 0 saturated carbocycles. The zero-order chi connectivity index (χ0) is 10.0.